The molecule has 41 heavy (non-hydrogen) atoms. The Kier molecular flexibility index (Phi) is 9.64. The number of ether oxygens (including phenoxy) is 2. The number of phenolic OH excluding ortho intramolecular Hbond substituents is 1. The number of aliphatic carboxylic acids is 1. The van der Waals surface area contributed by atoms with E-state index in [2.05, 4.69) is 17.6 Å². The Morgan fingerprint density at radius 1 is 1.12 bits per heavy atom. The lowest BCUT2D eigenvalue weighted by Crippen LogP contribution is -2.71. The van der Waals surface area contributed by atoms with Crippen LogP contribution in [0.25, 0.3) is 22.1 Å². The van der Waals surface area contributed by atoms with Crippen molar-refractivity contribution in [3.05, 3.63) is 59.0 Å². The van der Waals surface area contributed by atoms with Gasteiger partial charge < -0.3 is 50.1 Å². The molecule has 3 aromatic rings. The van der Waals surface area contributed by atoms with Crippen LogP contribution in [0.4, 0.5) is 0 Å². The van der Waals surface area contributed by atoms with Gasteiger partial charge in [-0.25, -0.2) is 4.79 Å². The van der Waals surface area contributed by atoms with Crippen molar-refractivity contribution in [2.45, 2.75) is 50.0 Å². The number of fused-ring (bicyclic) bond motifs is 1. The number of phenols is 1. The predicted molar refractivity (Wildman–Crippen MR) is 149 cm³/mol. The van der Waals surface area contributed by atoms with Gasteiger partial charge in [-0.1, -0.05) is 19.1 Å². The Morgan fingerprint density at radius 2 is 1.83 bits per heavy atom. The van der Waals surface area contributed by atoms with Crippen LogP contribution < -0.4 is 20.8 Å². The Labute approximate surface area is 236 Å². The van der Waals surface area contributed by atoms with E-state index < -0.39 is 36.2 Å². The van der Waals surface area contributed by atoms with Gasteiger partial charge in [-0.15, -0.1) is 0 Å². The molecule has 7 N–H and O–H groups in total. The van der Waals surface area contributed by atoms with Gasteiger partial charge in [0.05, 0.1) is 10.9 Å². The van der Waals surface area contributed by atoms with Crippen LogP contribution in [-0.2, 0) is 9.53 Å². The molecule has 12 heteroatoms. The van der Waals surface area contributed by atoms with Gasteiger partial charge in [-0.2, -0.15) is 0 Å². The van der Waals surface area contributed by atoms with Crippen LogP contribution in [0.2, 0.25) is 0 Å². The number of carboxylic acid groups (broad SMARTS) is 1. The molecule has 0 radical (unpaired) electrons. The third kappa shape index (κ3) is 6.70. The standard InChI is InChI=1S/C29H36N2O10/c1-16(9-11-30-2)10-12-31-15-29(38)26(35)24(34)25(27(36)37)41-28(29)40-19-7-8-20-22(13-19)39-14-21(23(20)33)17-3-5-18(32)6-4-17/h3-8,13-14,16,24-26,28,30-32,34-35,38H,9-12,15H2,1-2H3,(H,36,37)/t16-,24+,25-,26-,28+,29-/m0/s1. The quantitative estimate of drug-likeness (QED) is 0.153. The van der Waals surface area contributed by atoms with Crippen LogP contribution in [-0.4, -0.2) is 88.4 Å². The molecule has 4 rings (SSSR count). The van der Waals surface area contributed by atoms with Gasteiger partial charge in [0.1, 0.15) is 35.6 Å². The summed E-state index contributed by atoms with van der Waals surface area (Å²) in [4.78, 5) is 24.8. The fourth-order valence-corrected chi connectivity index (χ4v) is 4.77. The Balaban J connectivity index is 1.56. The summed E-state index contributed by atoms with van der Waals surface area (Å²) in [5.74, 6) is -1.03. The number of carbonyl (C=O) groups is 1. The Hall–Kier alpha value is -3.52. The zero-order valence-electron chi connectivity index (χ0n) is 22.8. The van der Waals surface area contributed by atoms with Gasteiger partial charge >= 0.3 is 5.97 Å². The van der Waals surface area contributed by atoms with Gasteiger partial charge in [0.2, 0.25) is 6.29 Å². The third-order valence-electron chi connectivity index (χ3n) is 7.34. The summed E-state index contributed by atoms with van der Waals surface area (Å²) in [7, 11) is 1.87. The molecule has 1 fully saturated rings. The summed E-state index contributed by atoms with van der Waals surface area (Å²) < 4.78 is 17.0. The summed E-state index contributed by atoms with van der Waals surface area (Å²) in [5, 5.41) is 58.1. The number of aliphatic hydroxyl groups is 3. The second kappa shape index (κ2) is 13.0. The zero-order chi connectivity index (χ0) is 29.7. The summed E-state index contributed by atoms with van der Waals surface area (Å²) >= 11 is 0. The number of aliphatic hydroxyl groups excluding tert-OH is 2. The molecule has 222 valence electrons. The van der Waals surface area contributed by atoms with Gasteiger partial charge in [-0.3, -0.25) is 4.79 Å². The molecule has 0 amide bonds. The van der Waals surface area contributed by atoms with Gasteiger partial charge in [-0.05, 0) is 68.7 Å². The molecule has 1 aromatic heterocycles. The second-order valence-electron chi connectivity index (χ2n) is 10.4. The highest BCUT2D eigenvalue weighted by Gasteiger charge is 2.58. The average molecular weight is 573 g/mol. The van der Waals surface area contributed by atoms with Crippen molar-refractivity contribution < 1.29 is 44.2 Å². The maximum Gasteiger partial charge on any atom is 0.335 e. The van der Waals surface area contributed by atoms with Crippen LogP contribution in [0.1, 0.15) is 19.8 Å². The van der Waals surface area contributed by atoms with E-state index in [1.807, 2.05) is 7.05 Å². The smallest absolute Gasteiger partial charge is 0.335 e. The largest absolute Gasteiger partial charge is 0.508 e. The van der Waals surface area contributed by atoms with E-state index in [9.17, 15) is 35.1 Å². The second-order valence-corrected chi connectivity index (χ2v) is 10.4. The first-order valence-electron chi connectivity index (χ1n) is 13.4. The molecule has 0 saturated carbocycles. The summed E-state index contributed by atoms with van der Waals surface area (Å²) in [6, 6.07) is 10.3. The predicted octanol–water partition coefficient (Wildman–Crippen LogP) is 1.03. The summed E-state index contributed by atoms with van der Waals surface area (Å²) in [6.45, 7) is 3.17. The van der Waals surface area contributed by atoms with Crippen LogP contribution >= 0.6 is 0 Å². The first-order chi connectivity index (χ1) is 19.5. The van der Waals surface area contributed by atoms with Crippen molar-refractivity contribution in [2.75, 3.05) is 26.7 Å². The minimum atomic E-state index is -2.22. The van der Waals surface area contributed by atoms with Crippen molar-refractivity contribution in [3.8, 4) is 22.6 Å². The van der Waals surface area contributed by atoms with Gasteiger partial charge in [0, 0.05) is 12.6 Å². The number of aromatic hydroxyl groups is 1. The minimum absolute atomic E-state index is 0.0580. The van der Waals surface area contributed by atoms with Crippen molar-refractivity contribution in [2.24, 2.45) is 5.92 Å². The molecule has 1 saturated heterocycles. The molecule has 0 bridgehead atoms. The van der Waals surface area contributed by atoms with Gasteiger partial charge in [0.15, 0.2) is 17.1 Å². The SMILES string of the molecule is CNCC[C@H](C)CCNC[C@@]1(O)[C@H](Oc2ccc3c(=O)c(-c4ccc(O)cc4)coc3c2)O[C@H](C(=O)O)[C@@H](O)[C@@H]1O. The highest BCUT2D eigenvalue weighted by atomic mass is 16.7. The highest BCUT2D eigenvalue weighted by Crippen LogP contribution is 2.33. The van der Waals surface area contributed by atoms with E-state index in [-0.39, 0.29) is 40.0 Å². The van der Waals surface area contributed by atoms with Crippen LogP contribution in [0.5, 0.6) is 11.5 Å². The van der Waals surface area contributed by atoms with Crippen molar-refractivity contribution in [3.63, 3.8) is 0 Å². The van der Waals surface area contributed by atoms with Crippen LogP contribution in [0, 0.1) is 5.92 Å². The number of benzene rings is 2. The van der Waals surface area contributed by atoms with Crippen molar-refractivity contribution in [1.82, 2.24) is 10.6 Å². The Bertz CT molecular complexity index is 1390. The molecular formula is C29H36N2O10. The molecule has 2 heterocycles. The fraction of sp³-hybridized carbons (Fsp3) is 0.448. The monoisotopic (exact) mass is 572 g/mol. The van der Waals surface area contributed by atoms with E-state index in [0.29, 0.717) is 18.0 Å². The molecule has 1 aliphatic heterocycles. The van der Waals surface area contributed by atoms with E-state index in [1.54, 1.807) is 12.1 Å². The molecule has 6 atom stereocenters. The first-order valence-corrected chi connectivity index (χ1v) is 13.4. The molecule has 0 unspecified atom stereocenters. The Morgan fingerprint density at radius 3 is 2.51 bits per heavy atom. The minimum Gasteiger partial charge on any atom is -0.508 e. The molecule has 12 nitrogen and oxygen atoms in total. The number of hydrogen-bond acceptors (Lipinski definition) is 11. The van der Waals surface area contributed by atoms with Gasteiger partial charge in [0.25, 0.3) is 0 Å². The lowest BCUT2D eigenvalue weighted by Gasteiger charge is -2.46. The van der Waals surface area contributed by atoms with E-state index in [0.717, 1.165) is 19.4 Å². The molecule has 1 aliphatic rings. The lowest BCUT2D eigenvalue weighted by molar-refractivity contribution is -0.311. The first kappa shape index (κ1) is 30.4. The highest BCUT2D eigenvalue weighted by molar-refractivity contribution is 5.82. The summed E-state index contributed by atoms with van der Waals surface area (Å²) in [5.41, 5.74) is -1.57. The molecule has 2 aromatic carbocycles. The average Bonchev–Trinajstić information content (AvgIpc) is 2.95. The maximum absolute atomic E-state index is 13.1. The fourth-order valence-electron chi connectivity index (χ4n) is 4.77. The molecule has 0 aliphatic carbocycles. The number of nitrogens with one attached hydrogen (secondary N) is 2. The maximum atomic E-state index is 13.1. The topological polar surface area (TPSA) is 191 Å². The van der Waals surface area contributed by atoms with Crippen molar-refractivity contribution in [1.29, 1.82) is 0 Å². The summed E-state index contributed by atoms with van der Waals surface area (Å²) in [6.07, 6.45) is -4.38. The van der Waals surface area contributed by atoms with E-state index in [1.165, 1.54) is 36.6 Å². The van der Waals surface area contributed by atoms with E-state index >= 15 is 0 Å². The molecule has 0 spiro atoms. The normalized spacial score (nSPS) is 25.2. The molecular weight excluding hydrogens is 536 g/mol. The van der Waals surface area contributed by atoms with Crippen LogP contribution in [0.15, 0.2) is 57.9 Å². The van der Waals surface area contributed by atoms with Crippen LogP contribution in [0.3, 0.4) is 0 Å². The zero-order valence-corrected chi connectivity index (χ0v) is 22.8. The lowest BCUT2D eigenvalue weighted by atomic mass is 9.86. The number of carboxylic acids is 1. The third-order valence-corrected chi connectivity index (χ3v) is 7.34. The number of rotatable bonds is 12. The van der Waals surface area contributed by atoms with E-state index in [4.69, 9.17) is 13.9 Å². The number of hydrogen-bond donors (Lipinski definition) is 7. The van der Waals surface area contributed by atoms with Crippen molar-refractivity contribution >= 4 is 16.9 Å².